The average molecular weight is 448 g/mol. The lowest BCUT2D eigenvalue weighted by Gasteiger charge is -2.16. The maximum Gasteiger partial charge on any atom is 0.411 e. The summed E-state index contributed by atoms with van der Waals surface area (Å²) in [4.78, 5) is 12.1. The minimum absolute atomic E-state index is 0.132. The van der Waals surface area contributed by atoms with E-state index in [1.807, 2.05) is 42.5 Å². The van der Waals surface area contributed by atoms with Crippen LogP contribution in [-0.2, 0) is 9.47 Å². The number of carbonyl (C=O) groups excluding carboxylic acids is 1. The maximum atomic E-state index is 12.1. The van der Waals surface area contributed by atoms with Crippen molar-refractivity contribution in [1.29, 1.82) is 5.26 Å². The van der Waals surface area contributed by atoms with E-state index in [1.165, 1.54) is 0 Å². The van der Waals surface area contributed by atoms with Crippen molar-refractivity contribution in [1.82, 2.24) is 4.57 Å². The lowest BCUT2D eigenvalue weighted by atomic mass is 10.1. The molecule has 1 unspecified atom stereocenters. The average Bonchev–Trinajstić information content (AvgIpc) is 3.43. The number of aromatic nitrogens is 1. The van der Waals surface area contributed by atoms with Crippen molar-refractivity contribution < 1.29 is 19.0 Å². The third-order valence-electron chi connectivity index (χ3n) is 5.64. The molecule has 172 valence electrons. The molecule has 0 saturated carbocycles. The summed E-state index contributed by atoms with van der Waals surface area (Å²) in [6, 6.07) is 15.9. The van der Waals surface area contributed by atoms with E-state index in [1.54, 1.807) is 0 Å². The fraction of sp³-hybridized carbons (Fsp3) is 0.385. The standard InChI is InChI=1S/C26H29N3O4/c1-4-12-32-20-9-10-22-23(15-27)25(29(17(2)3)24(22)14-20)18-5-7-19(8-6-18)28-26(30)33-21-11-13-31-16-21/h5-10,14,17,21H,4,11-13,16H2,1-3H3,(H,28,30). The molecule has 1 fully saturated rings. The van der Waals surface area contributed by atoms with Crippen LogP contribution in [0.25, 0.3) is 22.2 Å². The minimum atomic E-state index is -0.494. The molecule has 1 amide bonds. The minimum Gasteiger partial charge on any atom is -0.494 e. The van der Waals surface area contributed by atoms with Crippen molar-refractivity contribution in [2.45, 2.75) is 45.8 Å². The van der Waals surface area contributed by atoms with Gasteiger partial charge in [0, 0.05) is 29.6 Å². The summed E-state index contributed by atoms with van der Waals surface area (Å²) in [7, 11) is 0. The summed E-state index contributed by atoms with van der Waals surface area (Å²) in [5, 5.41) is 13.7. The summed E-state index contributed by atoms with van der Waals surface area (Å²) >= 11 is 0. The SMILES string of the molecule is CCCOc1ccc2c(C#N)c(-c3ccc(NC(=O)OC4CCOC4)cc3)n(C(C)C)c2c1. The second-order valence-corrected chi connectivity index (χ2v) is 8.42. The van der Waals surface area contributed by atoms with Gasteiger partial charge >= 0.3 is 6.09 Å². The molecule has 0 spiro atoms. The van der Waals surface area contributed by atoms with Crippen molar-refractivity contribution in [3.8, 4) is 23.1 Å². The molecule has 1 saturated heterocycles. The van der Waals surface area contributed by atoms with Gasteiger partial charge in [-0.1, -0.05) is 19.1 Å². The normalized spacial score (nSPS) is 15.5. The topological polar surface area (TPSA) is 85.5 Å². The Bertz CT molecular complexity index is 1170. The number of carbonyl (C=O) groups is 1. The second kappa shape index (κ2) is 9.97. The highest BCUT2D eigenvalue weighted by atomic mass is 16.6. The smallest absolute Gasteiger partial charge is 0.411 e. The van der Waals surface area contributed by atoms with Crippen molar-refractivity contribution in [2.24, 2.45) is 0 Å². The first-order chi connectivity index (χ1) is 16.0. The molecule has 1 N–H and O–H groups in total. The Kier molecular flexibility index (Phi) is 6.85. The van der Waals surface area contributed by atoms with Crippen LogP contribution in [0.2, 0.25) is 0 Å². The second-order valence-electron chi connectivity index (χ2n) is 8.42. The van der Waals surface area contributed by atoms with Gasteiger partial charge in [-0.15, -0.1) is 0 Å². The van der Waals surface area contributed by atoms with Crippen LogP contribution in [0.3, 0.4) is 0 Å². The number of ether oxygens (including phenoxy) is 3. The van der Waals surface area contributed by atoms with E-state index in [4.69, 9.17) is 14.2 Å². The van der Waals surface area contributed by atoms with Gasteiger partial charge in [0.15, 0.2) is 0 Å². The van der Waals surface area contributed by atoms with Crippen LogP contribution in [0, 0.1) is 11.3 Å². The van der Waals surface area contributed by atoms with E-state index in [2.05, 4.69) is 36.7 Å². The van der Waals surface area contributed by atoms with Gasteiger partial charge in [0.25, 0.3) is 0 Å². The van der Waals surface area contributed by atoms with Crippen molar-refractivity contribution in [2.75, 3.05) is 25.1 Å². The number of fused-ring (bicyclic) bond motifs is 1. The van der Waals surface area contributed by atoms with Gasteiger partial charge in [0.1, 0.15) is 17.9 Å². The number of benzene rings is 2. The third-order valence-corrected chi connectivity index (χ3v) is 5.64. The van der Waals surface area contributed by atoms with E-state index >= 15 is 0 Å². The Hall–Kier alpha value is -3.50. The number of nitrogens with one attached hydrogen (secondary N) is 1. The van der Waals surface area contributed by atoms with Gasteiger partial charge in [-0.25, -0.2) is 4.79 Å². The van der Waals surface area contributed by atoms with Crippen molar-refractivity contribution >= 4 is 22.7 Å². The van der Waals surface area contributed by atoms with Crippen LogP contribution < -0.4 is 10.1 Å². The zero-order valence-corrected chi connectivity index (χ0v) is 19.3. The Morgan fingerprint density at radius 1 is 1.27 bits per heavy atom. The monoisotopic (exact) mass is 447 g/mol. The Morgan fingerprint density at radius 3 is 2.70 bits per heavy atom. The molecule has 33 heavy (non-hydrogen) atoms. The van der Waals surface area contributed by atoms with Crippen LogP contribution in [0.5, 0.6) is 5.75 Å². The largest absolute Gasteiger partial charge is 0.494 e. The zero-order valence-electron chi connectivity index (χ0n) is 19.3. The number of hydrogen-bond donors (Lipinski definition) is 1. The summed E-state index contributed by atoms with van der Waals surface area (Å²) < 4.78 is 18.6. The van der Waals surface area contributed by atoms with Crippen molar-refractivity contribution in [3.63, 3.8) is 0 Å². The molecule has 3 aromatic rings. The number of amides is 1. The van der Waals surface area contributed by atoms with Gasteiger partial charge in [-0.3, -0.25) is 5.32 Å². The molecule has 0 aliphatic carbocycles. The number of nitriles is 1. The summed E-state index contributed by atoms with van der Waals surface area (Å²) in [5.74, 6) is 0.797. The van der Waals surface area contributed by atoms with Crippen LogP contribution in [0.1, 0.15) is 45.2 Å². The van der Waals surface area contributed by atoms with Crippen molar-refractivity contribution in [3.05, 3.63) is 48.0 Å². The first-order valence-electron chi connectivity index (χ1n) is 11.4. The molecule has 7 nitrogen and oxygen atoms in total. The predicted molar refractivity (Wildman–Crippen MR) is 128 cm³/mol. The zero-order chi connectivity index (χ0) is 23.4. The van der Waals surface area contributed by atoms with E-state index in [-0.39, 0.29) is 12.1 Å². The number of nitrogens with zero attached hydrogens (tertiary/aromatic N) is 2. The number of rotatable bonds is 7. The number of anilines is 1. The Labute approximate surface area is 193 Å². The summed E-state index contributed by atoms with van der Waals surface area (Å²) in [5.41, 5.74) is 3.98. The van der Waals surface area contributed by atoms with Gasteiger partial charge in [0.2, 0.25) is 0 Å². The van der Waals surface area contributed by atoms with E-state index in [0.29, 0.717) is 37.5 Å². The molecule has 4 rings (SSSR count). The molecular weight excluding hydrogens is 418 g/mol. The molecule has 0 bridgehead atoms. The van der Waals surface area contributed by atoms with Crippen LogP contribution >= 0.6 is 0 Å². The molecule has 0 radical (unpaired) electrons. The quantitative estimate of drug-likeness (QED) is 0.488. The lowest BCUT2D eigenvalue weighted by Crippen LogP contribution is -2.22. The molecule has 2 heterocycles. The molecule has 1 aromatic heterocycles. The molecule has 1 aliphatic heterocycles. The third kappa shape index (κ3) is 4.81. The van der Waals surface area contributed by atoms with Crippen LogP contribution in [0.4, 0.5) is 10.5 Å². The Balaban J connectivity index is 1.65. The first kappa shape index (κ1) is 22.7. The van der Waals surface area contributed by atoms with Gasteiger partial charge < -0.3 is 18.8 Å². The first-order valence-corrected chi connectivity index (χ1v) is 11.4. The van der Waals surface area contributed by atoms with Crippen LogP contribution in [-0.4, -0.2) is 36.6 Å². The Morgan fingerprint density at radius 2 is 2.06 bits per heavy atom. The van der Waals surface area contributed by atoms with E-state index < -0.39 is 6.09 Å². The molecular formula is C26H29N3O4. The lowest BCUT2D eigenvalue weighted by molar-refractivity contribution is 0.0932. The highest BCUT2D eigenvalue weighted by molar-refractivity contribution is 5.95. The fourth-order valence-electron chi connectivity index (χ4n) is 4.15. The molecule has 1 atom stereocenters. The van der Waals surface area contributed by atoms with E-state index in [0.717, 1.165) is 34.3 Å². The molecule has 7 heteroatoms. The van der Waals surface area contributed by atoms with Gasteiger partial charge in [0.05, 0.1) is 36.6 Å². The van der Waals surface area contributed by atoms with Crippen LogP contribution in [0.15, 0.2) is 42.5 Å². The van der Waals surface area contributed by atoms with Gasteiger partial charge in [-0.05, 0) is 50.1 Å². The fourth-order valence-corrected chi connectivity index (χ4v) is 4.15. The summed E-state index contributed by atoms with van der Waals surface area (Å²) in [6.45, 7) is 7.97. The highest BCUT2D eigenvalue weighted by Crippen LogP contribution is 2.38. The molecule has 2 aromatic carbocycles. The summed E-state index contributed by atoms with van der Waals surface area (Å²) in [6.07, 6.45) is 0.955. The van der Waals surface area contributed by atoms with Gasteiger partial charge in [-0.2, -0.15) is 5.26 Å². The maximum absolute atomic E-state index is 12.1. The molecule has 1 aliphatic rings. The predicted octanol–water partition coefficient (Wildman–Crippen LogP) is 5.89. The number of hydrogen-bond acceptors (Lipinski definition) is 5. The van der Waals surface area contributed by atoms with E-state index in [9.17, 15) is 10.1 Å². The highest BCUT2D eigenvalue weighted by Gasteiger charge is 2.22.